The number of halogens is 5. The molecule has 1 aromatic carbocycles. The van der Waals surface area contributed by atoms with Crippen LogP contribution in [0.1, 0.15) is 0 Å². The van der Waals surface area contributed by atoms with Crippen LogP contribution in [0.25, 0.3) is 11.1 Å². The van der Waals surface area contributed by atoms with Gasteiger partial charge in [-0.1, -0.05) is 37.3 Å². The Kier molecular flexibility index (Phi) is 4.20. The Labute approximate surface area is 155 Å². The monoisotopic (exact) mass is 420 g/mol. The van der Waals surface area contributed by atoms with E-state index >= 15 is 0 Å². The molecular weight excluding hydrogens is 407 g/mol. The zero-order chi connectivity index (χ0) is 19.9. The molecule has 0 atom stereocenters. The Morgan fingerprint density at radius 1 is 0.963 bits per heavy atom. The molecule has 0 radical (unpaired) electrons. The molecule has 0 amide bonds. The van der Waals surface area contributed by atoms with Crippen LogP contribution >= 0.6 is 22.0 Å². The van der Waals surface area contributed by atoms with Gasteiger partial charge in [0, 0.05) is 41.5 Å². The highest BCUT2D eigenvalue weighted by atomic mass is 32.5. The van der Waals surface area contributed by atoms with Crippen LogP contribution in [0.15, 0.2) is 80.5 Å². The zero-order valence-electron chi connectivity index (χ0n) is 13.8. The lowest BCUT2D eigenvalue weighted by atomic mass is 10.1. The van der Waals surface area contributed by atoms with E-state index < -0.39 is 15.1 Å². The van der Waals surface area contributed by atoms with Crippen molar-refractivity contribution in [2.45, 2.75) is 14.8 Å². The summed E-state index contributed by atoms with van der Waals surface area (Å²) >= 11 is 1.04. The van der Waals surface area contributed by atoms with Crippen molar-refractivity contribution in [1.82, 2.24) is 9.55 Å². The van der Waals surface area contributed by atoms with E-state index in [1.54, 1.807) is 31.4 Å². The smallest absolute Gasteiger partial charge is 0.310 e. The molecule has 2 heterocycles. The molecule has 0 N–H and O–H groups in total. The predicted molar refractivity (Wildman–Crippen MR) is 96.9 cm³/mol. The minimum Gasteiger partial charge on any atom is -0.318 e. The molecule has 3 aromatic rings. The first-order valence-electron chi connectivity index (χ1n) is 7.47. The van der Waals surface area contributed by atoms with Crippen molar-refractivity contribution in [3.05, 3.63) is 71.3 Å². The Hall–Kier alpha value is -2.33. The van der Waals surface area contributed by atoms with Gasteiger partial charge in [0.25, 0.3) is 0 Å². The summed E-state index contributed by atoms with van der Waals surface area (Å²) < 4.78 is 65.5. The van der Waals surface area contributed by atoms with Gasteiger partial charge in [-0.25, -0.2) is 4.98 Å². The Morgan fingerprint density at radius 3 is 2.22 bits per heavy atom. The summed E-state index contributed by atoms with van der Waals surface area (Å²) in [7, 11) is -8.10. The van der Waals surface area contributed by atoms with Gasteiger partial charge in [0.1, 0.15) is 9.92 Å². The number of hydrogen-bond acceptors (Lipinski definition) is 3. The number of rotatable bonds is 4. The third kappa shape index (κ3) is 4.51. The van der Waals surface area contributed by atoms with Crippen LogP contribution < -0.4 is 5.56 Å². The fourth-order valence-electron chi connectivity index (χ4n) is 2.32. The van der Waals surface area contributed by atoms with E-state index in [0.29, 0.717) is 33.2 Å². The van der Waals surface area contributed by atoms with Crippen molar-refractivity contribution in [3.8, 4) is 11.1 Å². The van der Waals surface area contributed by atoms with E-state index in [0.717, 1.165) is 23.9 Å². The standard InChI is InChI=1S/C17H13F5N2OS2/c1-24-11-12(4-9-16(24)25)15-3-2-10-23-17(15)26-13-5-7-14(8-6-13)27(18,19,20,21)22/h2-11H,1H3. The van der Waals surface area contributed by atoms with E-state index in [1.807, 2.05) is 0 Å². The third-order valence-corrected chi connectivity index (χ3v) is 5.84. The van der Waals surface area contributed by atoms with Crippen LogP contribution in [0.4, 0.5) is 19.4 Å². The zero-order valence-corrected chi connectivity index (χ0v) is 15.4. The maximum Gasteiger partial charge on any atom is 0.310 e. The minimum atomic E-state index is -9.69. The first-order chi connectivity index (χ1) is 12.3. The van der Waals surface area contributed by atoms with Crippen molar-refractivity contribution in [3.63, 3.8) is 0 Å². The maximum atomic E-state index is 12.8. The molecule has 0 saturated carbocycles. The van der Waals surface area contributed by atoms with Crippen molar-refractivity contribution >= 4 is 22.0 Å². The minimum absolute atomic E-state index is 0.191. The summed E-state index contributed by atoms with van der Waals surface area (Å²) in [6.45, 7) is 0. The molecule has 0 aliphatic rings. The van der Waals surface area contributed by atoms with Crippen LogP contribution in [-0.4, -0.2) is 9.55 Å². The van der Waals surface area contributed by atoms with E-state index in [-0.39, 0.29) is 5.56 Å². The molecule has 0 bridgehead atoms. The molecule has 10 heteroatoms. The molecule has 3 rings (SSSR count). The molecule has 144 valence electrons. The maximum absolute atomic E-state index is 12.8. The fourth-order valence-corrected chi connectivity index (χ4v) is 3.88. The van der Waals surface area contributed by atoms with Gasteiger partial charge in [0.2, 0.25) is 5.56 Å². The van der Waals surface area contributed by atoms with Gasteiger partial charge < -0.3 is 4.57 Å². The average Bonchev–Trinajstić information content (AvgIpc) is 2.56. The van der Waals surface area contributed by atoms with Crippen molar-refractivity contribution in [1.29, 1.82) is 0 Å². The highest BCUT2D eigenvalue weighted by molar-refractivity contribution is 8.45. The number of benzene rings is 1. The summed E-state index contributed by atoms with van der Waals surface area (Å²) in [6.07, 6.45) is 3.12. The number of nitrogens with zero attached hydrogens (tertiary/aromatic N) is 2. The molecule has 3 nitrogen and oxygen atoms in total. The average molecular weight is 420 g/mol. The molecule has 0 aliphatic carbocycles. The molecule has 2 aromatic heterocycles. The Morgan fingerprint density at radius 2 is 1.63 bits per heavy atom. The Balaban J connectivity index is 1.96. The summed E-state index contributed by atoms with van der Waals surface area (Å²) in [4.78, 5) is 14.1. The van der Waals surface area contributed by atoms with Gasteiger partial charge in [-0.05, 0) is 36.4 Å². The SMILES string of the molecule is Cn1cc(-c2cccnc2Sc2ccc(S(F)(F)(F)(F)F)cc2)ccc1=O. The van der Waals surface area contributed by atoms with Gasteiger partial charge in [0.05, 0.1) is 0 Å². The summed E-state index contributed by atoms with van der Waals surface area (Å²) in [6, 6.07) is 9.15. The van der Waals surface area contributed by atoms with E-state index in [4.69, 9.17) is 0 Å². The fraction of sp³-hybridized carbons (Fsp3) is 0.0588. The van der Waals surface area contributed by atoms with Gasteiger partial charge in [0.15, 0.2) is 0 Å². The number of hydrogen-bond donors (Lipinski definition) is 0. The highest BCUT2D eigenvalue weighted by Gasteiger charge is 2.65. The largest absolute Gasteiger partial charge is 0.318 e. The summed E-state index contributed by atoms with van der Waals surface area (Å²) in [5, 5.41) is 0.469. The van der Waals surface area contributed by atoms with Crippen LogP contribution in [0.3, 0.4) is 0 Å². The molecule has 0 fully saturated rings. The normalized spacial score (nSPS) is 14.4. The van der Waals surface area contributed by atoms with Crippen LogP contribution in [0, 0.1) is 0 Å². The van der Waals surface area contributed by atoms with Gasteiger partial charge in [-0.2, -0.15) is 0 Å². The van der Waals surface area contributed by atoms with Crippen LogP contribution in [-0.2, 0) is 7.05 Å². The second-order valence-corrected chi connectivity index (χ2v) is 9.24. The number of pyridine rings is 2. The molecule has 27 heavy (non-hydrogen) atoms. The van der Waals surface area contributed by atoms with Crippen LogP contribution in [0.5, 0.6) is 0 Å². The molecular formula is C17H13F5N2OS2. The van der Waals surface area contributed by atoms with E-state index in [2.05, 4.69) is 4.98 Å². The predicted octanol–water partition coefficient (Wildman–Crippen LogP) is 6.26. The first kappa shape index (κ1) is 19.4. The third-order valence-electron chi connectivity index (χ3n) is 3.65. The van der Waals surface area contributed by atoms with Gasteiger partial charge in [-0.3, -0.25) is 4.79 Å². The second kappa shape index (κ2) is 5.83. The highest BCUT2D eigenvalue weighted by Crippen LogP contribution is 3.02. The molecule has 0 aliphatic heterocycles. The molecule has 0 spiro atoms. The van der Waals surface area contributed by atoms with Crippen molar-refractivity contribution < 1.29 is 19.4 Å². The van der Waals surface area contributed by atoms with Crippen LogP contribution in [0.2, 0.25) is 0 Å². The second-order valence-electron chi connectivity index (χ2n) is 5.77. The van der Waals surface area contributed by atoms with Gasteiger partial charge >= 0.3 is 10.2 Å². The van der Waals surface area contributed by atoms with E-state index in [9.17, 15) is 24.2 Å². The lowest BCUT2D eigenvalue weighted by molar-refractivity contribution is 0.364. The first-order valence-corrected chi connectivity index (χ1v) is 10.2. The van der Waals surface area contributed by atoms with Gasteiger partial charge in [-0.15, -0.1) is 0 Å². The lowest BCUT2D eigenvalue weighted by Gasteiger charge is -2.40. The van der Waals surface area contributed by atoms with Crippen molar-refractivity contribution in [2.75, 3.05) is 0 Å². The summed E-state index contributed by atoms with van der Waals surface area (Å²) in [5.74, 6) is 0. The lowest BCUT2D eigenvalue weighted by Crippen LogP contribution is -2.14. The summed E-state index contributed by atoms with van der Waals surface area (Å²) in [5.41, 5.74) is 1.16. The molecule has 0 saturated heterocycles. The van der Waals surface area contributed by atoms with E-state index in [1.165, 1.54) is 16.8 Å². The number of aryl methyl sites for hydroxylation is 1. The number of aromatic nitrogens is 2. The van der Waals surface area contributed by atoms with Crippen molar-refractivity contribution in [2.24, 2.45) is 7.05 Å². The quantitative estimate of drug-likeness (QED) is 0.468. The molecule has 0 unspecified atom stereocenters. The Bertz CT molecular complexity index is 1060. The topological polar surface area (TPSA) is 34.9 Å².